The number of likely N-dealkylation sites (N-methyl/N-ethyl adjacent to an activating group) is 1. The Morgan fingerprint density at radius 2 is 1.53 bits per heavy atom. The standard InChI is InChI=1S/C40H63NO10/c1-21-11-10-12-33(51-35-16-15-32(41(5)6)23(3)48-35)22(2)36(43)31-19-29-27(30(31)20-34(42)47-21)14-13-25-17-26(18-28(25)29)50-40-39(46-9)38(45-8)37(44-7)24(4)49-40/h13-14,19,21-30,32-33,35,37-40H,10-12,15-18,20H2,1-9H3/t21-,22+,23+,24-,25-,26+,27-,28-,29+,30-,32-,33-,35-,37-,38+,39+,40-/m0/s1. The molecule has 51 heavy (non-hydrogen) atoms. The van der Waals surface area contributed by atoms with E-state index in [4.69, 9.17) is 37.9 Å². The molecule has 17 atom stereocenters. The zero-order chi connectivity index (χ0) is 36.6. The van der Waals surface area contributed by atoms with Crippen LogP contribution < -0.4 is 0 Å². The summed E-state index contributed by atoms with van der Waals surface area (Å²) in [5.41, 5.74) is 0.758. The van der Waals surface area contributed by atoms with E-state index in [1.54, 1.807) is 21.3 Å². The molecule has 1 saturated carbocycles. The Labute approximate surface area is 305 Å². The van der Waals surface area contributed by atoms with Crippen LogP contribution in [0.5, 0.6) is 0 Å². The molecule has 0 aromatic rings. The number of allylic oxidation sites excluding steroid dienone is 4. The van der Waals surface area contributed by atoms with Crippen LogP contribution in [0.4, 0.5) is 0 Å². The molecule has 4 fully saturated rings. The van der Waals surface area contributed by atoms with Gasteiger partial charge in [-0.05, 0) is 109 Å². The normalized spacial score (nSPS) is 46.4. The molecule has 0 bridgehead atoms. The molecule has 11 nitrogen and oxygen atoms in total. The second-order valence-electron chi connectivity index (χ2n) is 16.3. The summed E-state index contributed by atoms with van der Waals surface area (Å²) in [4.78, 5) is 30.1. The molecule has 3 saturated heterocycles. The number of carbonyl (C=O) groups is 2. The maximum absolute atomic E-state index is 14.6. The monoisotopic (exact) mass is 717 g/mol. The largest absolute Gasteiger partial charge is 0.463 e. The van der Waals surface area contributed by atoms with Crippen molar-refractivity contribution in [2.75, 3.05) is 35.4 Å². The van der Waals surface area contributed by atoms with Crippen molar-refractivity contribution in [2.45, 2.75) is 147 Å². The number of hydrogen-bond acceptors (Lipinski definition) is 11. The van der Waals surface area contributed by atoms with Gasteiger partial charge in [-0.25, -0.2) is 0 Å². The summed E-state index contributed by atoms with van der Waals surface area (Å²) in [7, 11) is 9.14. The molecule has 0 unspecified atom stereocenters. The molecule has 3 heterocycles. The average Bonchev–Trinajstić information content (AvgIpc) is 3.67. The minimum atomic E-state index is -0.593. The van der Waals surface area contributed by atoms with E-state index in [0.717, 1.165) is 44.1 Å². The summed E-state index contributed by atoms with van der Waals surface area (Å²) in [5, 5.41) is 0. The fraction of sp³-hybridized carbons (Fsp3) is 0.850. The highest BCUT2D eigenvalue weighted by atomic mass is 16.7. The third-order valence-electron chi connectivity index (χ3n) is 12.9. The number of rotatable bonds is 8. The average molecular weight is 718 g/mol. The predicted octanol–water partition coefficient (Wildman–Crippen LogP) is 5.10. The Morgan fingerprint density at radius 1 is 0.784 bits per heavy atom. The van der Waals surface area contributed by atoms with E-state index in [0.29, 0.717) is 18.4 Å². The number of esters is 1. The van der Waals surface area contributed by atoms with Crippen molar-refractivity contribution >= 4 is 11.8 Å². The number of carbonyl (C=O) groups excluding carboxylic acids is 2. The molecule has 3 aliphatic carbocycles. The predicted molar refractivity (Wildman–Crippen MR) is 190 cm³/mol. The van der Waals surface area contributed by atoms with Gasteiger partial charge in [-0.1, -0.05) is 25.2 Å². The molecule has 6 rings (SSSR count). The van der Waals surface area contributed by atoms with E-state index in [1.807, 2.05) is 20.8 Å². The lowest BCUT2D eigenvalue weighted by Gasteiger charge is -2.44. The van der Waals surface area contributed by atoms with Gasteiger partial charge in [0.05, 0.1) is 36.9 Å². The molecule has 0 aromatic heterocycles. The minimum Gasteiger partial charge on any atom is -0.463 e. The molecular weight excluding hydrogens is 654 g/mol. The topological polar surface area (TPSA) is 111 Å². The number of ether oxygens (including phenoxy) is 8. The first kappa shape index (κ1) is 39.0. The number of methoxy groups -OCH3 is 3. The van der Waals surface area contributed by atoms with Crippen LogP contribution in [0.2, 0.25) is 0 Å². The Kier molecular flexibility index (Phi) is 12.8. The summed E-state index contributed by atoms with van der Waals surface area (Å²) in [6.07, 6.45) is 9.94. The number of fused-ring (bicyclic) bond motifs is 5. The van der Waals surface area contributed by atoms with Gasteiger partial charge in [-0.15, -0.1) is 0 Å². The van der Waals surface area contributed by atoms with E-state index in [-0.39, 0.29) is 96.8 Å². The molecule has 288 valence electrons. The first-order valence-electron chi connectivity index (χ1n) is 19.4. The smallest absolute Gasteiger partial charge is 0.306 e. The van der Waals surface area contributed by atoms with Crippen LogP contribution in [0.3, 0.4) is 0 Å². The highest BCUT2D eigenvalue weighted by molar-refractivity contribution is 5.99. The third kappa shape index (κ3) is 8.21. The molecule has 11 heteroatoms. The lowest BCUT2D eigenvalue weighted by atomic mass is 9.70. The second-order valence-corrected chi connectivity index (χ2v) is 16.3. The summed E-state index contributed by atoms with van der Waals surface area (Å²) in [5.74, 6) is -0.000214. The fourth-order valence-corrected chi connectivity index (χ4v) is 10.2. The Morgan fingerprint density at radius 3 is 2.22 bits per heavy atom. The molecule has 0 radical (unpaired) electrons. The van der Waals surface area contributed by atoms with Crippen molar-refractivity contribution in [1.29, 1.82) is 0 Å². The van der Waals surface area contributed by atoms with E-state index in [1.165, 1.54) is 0 Å². The van der Waals surface area contributed by atoms with E-state index >= 15 is 0 Å². The van der Waals surface area contributed by atoms with Gasteiger partial charge < -0.3 is 42.8 Å². The lowest BCUT2D eigenvalue weighted by molar-refractivity contribution is -0.314. The van der Waals surface area contributed by atoms with Gasteiger partial charge in [0.15, 0.2) is 18.4 Å². The summed E-state index contributed by atoms with van der Waals surface area (Å²) < 4.78 is 49.3. The van der Waals surface area contributed by atoms with Gasteiger partial charge in [0, 0.05) is 39.2 Å². The Bertz CT molecular complexity index is 1270. The van der Waals surface area contributed by atoms with Gasteiger partial charge >= 0.3 is 5.97 Å². The Hall–Kier alpha value is -1.70. The van der Waals surface area contributed by atoms with Crippen LogP contribution in [-0.2, 0) is 47.5 Å². The molecule has 0 amide bonds. The molecule has 0 spiro atoms. The van der Waals surface area contributed by atoms with Crippen molar-refractivity contribution in [3.63, 3.8) is 0 Å². The van der Waals surface area contributed by atoms with E-state index < -0.39 is 12.4 Å². The number of Topliss-reactive ketones (excluding diaryl/α,β-unsaturated/α-hetero) is 1. The summed E-state index contributed by atoms with van der Waals surface area (Å²) in [6.45, 7) is 8.05. The van der Waals surface area contributed by atoms with Gasteiger partial charge in [0.2, 0.25) is 0 Å². The lowest BCUT2D eigenvalue weighted by Crippen LogP contribution is -2.59. The zero-order valence-corrected chi connectivity index (χ0v) is 32.2. The van der Waals surface area contributed by atoms with Crippen molar-refractivity contribution in [1.82, 2.24) is 4.90 Å². The molecule has 0 N–H and O–H groups in total. The Balaban J connectivity index is 1.20. The zero-order valence-electron chi connectivity index (χ0n) is 32.2. The number of nitrogens with zero attached hydrogens (tertiary/aromatic N) is 1. The first-order chi connectivity index (χ1) is 24.4. The first-order valence-corrected chi connectivity index (χ1v) is 19.4. The highest BCUT2D eigenvalue weighted by Gasteiger charge is 2.52. The quantitative estimate of drug-likeness (QED) is 0.247. The van der Waals surface area contributed by atoms with Gasteiger partial charge in [0.1, 0.15) is 18.3 Å². The molecular formula is C40H63NO10. The number of cyclic esters (lactones) is 1. The van der Waals surface area contributed by atoms with Crippen molar-refractivity contribution in [3.05, 3.63) is 23.8 Å². The molecule has 3 aliphatic heterocycles. The third-order valence-corrected chi connectivity index (χ3v) is 12.9. The molecule has 0 aromatic carbocycles. The van der Waals surface area contributed by atoms with Gasteiger partial charge in [0.25, 0.3) is 0 Å². The SMILES string of the molecule is CO[C@@H]1[C@@H](OC)[C@H](C)O[C@@H](O[C@H]2C[C@@H]3[C@@H]4C=C5C(=O)[C@H](C)[C@@H](O[C@H]6CC[C@H](N(C)C)[C@@H](C)O6)CCC[C@H](C)OC(=O)C[C@H]5[C@H]4C=C[C@H]3C2)[C@@H]1OC. The van der Waals surface area contributed by atoms with Crippen LogP contribution in [0.1, 0.15) is 79.1 Å². The van der Waals surface area contributed by atoms with E-state index in [2.05, 4.69) is 44.1 Å². The fourth-order valence-electron chi connectivity index (χ4n) is 10.2. The van der Waals surface area contributed by atoms with Crippen molar-refractivity contribution < 1.29 is 47.5 Å². The number of hydrogen-bond donors (Lipinski definition) is 0. The number of ketones is 1. The van der Waals surface area contributed by atoms with Crippen LogP contribution >= 0.6 is 0 Å². The van der Waals surface area contributed by atoms with Crippen LogP contribution in [0.15, 0.2) is 23.8 Å². The second kappa shape index (κ2) is 16.8. The minimum absolute atomic E-state index is 0.0385. The van der Waals surface area contributed by atoms with Gasteiger partial charge in [-0.2, -0.15) is 0 Å². The van der Waals surface area contributed by atoms with Crippen molar-refractivity contribution in [3.8, 4) is 0 Å². The summed E-state index contributed by atoms with van der Waals surface area (Å²) in [6, 6.07) is 0.339. The highest BCUT2D eigenvalue weighted by Crippen LogP contribution is 2.54. The maximum atomic E-state index is 14.6. The molecule has 6 aliphatic rings. The van der Waals surface area contributed by atoms with E-state index in [9.17, 15) is 9.59 Å². The summed E-state index contributed by atoms with van der Waals surface area (Å²) >= 11 is 0. The maximum Gasteiger partial charge on any atom is 0.306 e. The van der Waals surface area contributed by atoms with Crippen LogP contribution in [-0.4, -0.2) is 120 Å². The van der Waals surface area contributed by atoms with Crippen LogP contribution in [0.25, 0.3) is 0 Å². The van der Waals surface area contributed by atoms with Crippen LogP contribution in [0, 0.1) is 35.5 Å². The van der Waals surface area contributed by atoms with Crippen molar-refractivity contribution in [2.24, 2.45) is 35.5 Å². The van der Waals surface area contributed by atoms with Gasteiger partial charge in [-0.3, -0.25) is 9.59 Å².